The number of rotatable bonds is 5. The molecule has 2 N–H and O–H groups in total. The van der Waals surface area contributed by atoms with Crippen molar-refractivity contribution in [2.24, 2.45) is 0 Å². The van der Waals surface area contributed by atoms with E-state index < -0.39 is 0 Å². The first-order valence-corrected chi connectivity index (χ1v) is 16.5. The van der Waals surface area contributed by atoms with Crippen molar-refractivity contribution in [2.45, 2.75) is 80.9 Å². The van der Waals surface area contributed by atoms with Gasteiger partial charge >= 0.3 is 6.01 Å². The topological polar surface area (TPSA) is 86.2 Å². The molecular formula is C33H38ClFN6O3. The van der Waals surface area contributed by atoms with Crippen molar-refractivity contribution >= 4 is 33.9 Å². The maximum absolute atomic E-state index is 13.8. The maximum atomic E-state index is 13.8. The highest BCUT2D eigenvalue weighted by Crippen LogP contribution is 2.46. The third-order valence-electron chi connectivity index (χ3n) is 11.2. The molecule has 0 radical (unpaired) electrons. The number of anilines is 2. The lowest BCUT2D eigenvalue weighted by Crippen LogP contribution is -2.59. The monoisotopic (exact) mass is 620 g/mol. The van der Waals surface area contributed by atoms with Gasteiger partial charge in [-0.05, 0) is 62.6 Å². The Kier molecular flexibility index (Phi) is 6.41. The average molecular weight is 621 g/mol. The van der Waals surface area contributed by atoms with Gasteiger partial charge in [0.1, 0.15) is 31.0 Å². The van der Waals surface area contributed by atoms with Gasteiger partial charge in [-0.25, -0.2) is 4.39 Å². The molecule has 6 aliphatic rings. The third kappa shape index (κ3) is 4.21. The Labute approximate surface area is 261 Å². The molecule has 0 saturated carbocycles. The van der Waals surface area contributed by atoms with Crippen LogP contribution in [0.3, 0.4) is 0 Å². The molecule has 3 aromatic rings. The summed E-state index contributed by atoms with van der Waals surface area (Å²) in [7, 11) is 0. The zero-order valence-corrected chi connectivity index (χ0v) is 25.5. The molecular weight excluding hydrogens is 583 g/mol. The van der Waals surface area contributed by atoms with Crippen LogP contribution >= 0.6 is 11.6 Å². The van der Waals surface area contributed by atoms with Gasteiger partial charge < -0.3 is 29.7 Å². The lowest BCUT2D eigenvalue weighted by atomic mass is 9.95. The molecule has 11 heteroatoms. The van der Waals surface area contributed by atoms with E-state index in [0.29, 0.717) is 49.4 Å². The predicted molar refractivity (Wildman–Crippen MR) is 167 cm³/mol. The van der Waals surface area contributed by atoms with E-state index in [0.717, 1.165) is 85.1 Å². The molecule has 1 aromatic heterocycles. The highest BCUT2D eigenvalue weighted by Gasteiger charge is 2.50. The van der Waals surface area contributed by atoms with Gasteiger partial charge in [-0.1, -0.05) is 23.7 Å². The highest BCUT2D eigenvalue weighted by molar-refractivity contribution is 6.36. The van der Waals surface area contributed by atoms with Gasteiger partial charge in [0.25, 0.3) is 0 Å². The van der Waals surface area contributed by atoms with Crippen LogP contribution in [0.2, 0.25) is 5.02 Å². The van der Waals surface area contributed by atoms with Crippen molar-refractivity contribution in [3.05, 3.63) is 46.6 Å². The Bertz CT molecular complexity index is 1630. The fourth-order valence-electron chi connectivity index (χ4n) is 9.19. The van der Waals surface area contributed by atoms with E-state index in [4.69, 9.17) is 31.0 Å². The molecule has 6 aliphatic heterocycles. The Morgan fingerprint density at radius 1 is 1.16 bits per heavy atom. The van der Waals surface area contributed by atoms with Crippen LogP contribution in [-0.2, 0) is 11.3 Å². The van der Waals surface area contributed by atoms with Crippen LogP contribution in [-0.4, -0.2) is 89.2 Å². The number of benzene rings is 2. The van der Waals surface area contributed by atoms with Crippen LogP contribution in [0.25, 0.3) is 10.8 Å². The number of hydrogen-bond donors (Lipinski definition) is 2. The fourth-order valence-corrected chi connectivity index (χ4v) is 9.47. The molecule has 0 amide bonds. The summed E-state index contributed by atoms with van der Waals surface area (Å²) in [6.07, 6.45) is 5.94. The number of aromatic hydroxyl groups is 1. The van der Waals surface area contributed by atoms with Crippen LogP contribution in [0.15, 0.2) is 30.3 Å². The highest BCUT2D eigenvalue weighted by atomic mass is 35.5. The van der Waals surface area contributed by atoms with Crippen LogP contribution < -0.4 is 19.9 Å². The largest absolute Gasteiger partial charge is 0.508 e. The van der Waals surface area contributed by atoms with Gasteiger partial charge in [0, 0.05) is 48.2 Å². The first-order chi connectivity index (χ1) is 21.5. The lowest BCUT2D eigenvalue weighted by Gasteiger charge is -2.41. The summed E-state index contributed by atoms with van der Waals surface area (Å²) in [5.74, 6) is 1.13. The first kappa shape index (κ1) is 27.4. The number of phenolic OH excluding ortho intramolecular Hbond substituents is 1. The number of phenols is 1. The molecule has 2 bridgehead atoms. The zero-order valence-electron chi connectivity index (χ0n) is 24.7. The second kappa shape index (κ2) is 10.3. The van der Waals surface area contributed by atoms with E-state index in [1.54, 1.807) is 12.1 Å². The van der Waals surface area contributed by atoms with Crippen LogP contribution in [0.1, 0.15) is 55.9 Å². The van der Waals surface area contributed by atoms with Crippen LogP contribution in [0.4, 0.5) is 15.9 Å². The van der Waals surface area contributed by atoms with E-state index in [1.807, 2.05) is 18.2 Å². The summed E-state index contributed by atoms with van der Waals surface area (Å²) >= 11 is 6.75. The number of nitrogens with one attached hydrogen (secondary N) is 1. The lowest BCUT2D eigenvalue weighted by molar-refractivity contribution is 0.0413. The van der Waals surface area contributed by atoms with E-state index in [-0.39, 0.29) is 36.2 Å². The van der Waals surface area contributed by atoms with Gasteiger partial charge in [-0.2, -0.15) is 9.97 Å². The second-order valence-electron chi connectivity index (χ2n) is 13.6. The predicted octanol–water partition coefficient (Wildman–Crippen LogP) is 4.73. The summed E-state index contributed by atoms with van der Waals surface area (Å²) < 4.78 is 27.1. The molecule has 0 spiro atoms. The molecule has 4 fully saturated rings. The summed E-state index contributed by atoms with van der Waals surface area (Å²) in [6, 6.07) is 10.6. The number of nitrogens with zero attached hydrogens (tertiary/aromatic N) is 5. The number of aromatic nitrogens is 2. The van der Waals surface area contributed by atoms with Crippen molar-refractivity contribution in [1.82, 2.24) is 20.2 Å². The number of halogens is 2. The number of piperazine rings is 1. The molecule has 0 aliphatic carbocycles. The minimum atomic E-state index is -0.307. The SMILES string of the molecule is Oc1cc(N2Cc3nc(OCC45CCCN4C(CF)CC5)nc4c3C(C2)OCC2C3CCC(CN42)N3)c2c(Cl)cccc2c1. The third-order valence-corrected chi connectivity index (χ3v) is 11.6. The number of fused-ring (bicyclic) bond motifs is 7. The van der Waals surface area contributed by atoms with Crippen molar-refractivity contribution in [3.63, 3.8) is 0 Å². The smallest absolute Gasteiger partial charge is 0.318 e. The summed E-state index contributed by atoms with van der Waals surface area (Å²) in [5, 5.41) is 16.9. The second-order valence-corrected chi connectivity index (χ2v) is 14.0. The molecule has 7 heterocycles. The van der Waals surface area contributed by atoms with Crippen LogP contribution in [0.5, 0.6) is 11.8 Å². The van der Waals surface area contributed by atoms with Gasteiger partial charge in [0.2, 0.25) is 0 Å². The van der Waals surface area contributed by atoms with Crippen LogP contribution in [0, 0.1) is 0 Å². The van der Waals surface area contributed by atoms with E-state index in [9.17, 15) is 9.50 Å². The molecule has 2 aromatic carbocycles. The van der Waals surface area contributed by atoms with E-state index in [1.165, 1.54) is 0 Å². The van der Waals surface area contributed by atoms with E-state index >= 15 is 0 Å². The van der Waals surface area contributed by atoms with Crippen molar-refractivity contribution in [3.8, 4) is 11.8 Å². The normalized spacial score (nSPS) is 32.5. The molecule has 9 rings (SSSR count). The zero-order chi connectivity index (χ0) is 29.6. The van der Waals surface area contributed by atoms with Crippen molar-refractivity contribution < 1.29 is 19.0 Å². The summed E-state index contributed by atoms with van der Waals surface area (Å²) in [6.45, 7) is 3.67. The van der Waals surface area contributed by atoms with Crippen molar-refractivity contribution in [2.75, 3.05) is 49.3 Å². The van der Waals surface area contributed by atoms with Gasteiger partial charge in [-0.3, -0.25) is 4.90 Å². The molecule has 232 valence electrons. The molecule has 6 atom stereocenters. The Morgan fingerprint density at radius 3 is 3.00 bits per heavy atom. The summed E-state index contributed by atoms with van der Waals surface area (Å²) in [5.41, 5.74) is 2.64. The Hall–Kier alpha value is -2.92. The molecule has 6 unspecified atom stereocenters. The summed E-state index contributed by atoms with van der Waals surface area (Å²) in [4.78, 5) is 17.2. The Morgan fingerprint density at radius 2 is 2.09 bits per heavy atom. The quantitative estimate of drug-likeness (QED) is 0.420. The van der Waals surface area contributed by atoms with E-state index in [2.05, 4.69) is 20.0 Å². The van der Waals surface area contributed by atoms with Gasteiger partial charge in [0.05, 0.1) is 41.1 Å². The maximum Gasteiger partial charge on any atom is 0.318 e. The minimum Gasteiger partial charge on any atom is -0.508 e. The first-order valence-electron chi connectivity index (χ1n) is 16.2. The van der Waals surface area contributed by atoms with Crippen molar-refractivity contribution in [1.29, 1.82) is 0 Å². The number of alkyl halides is 1. The molecule has 44 heavy (non-hydrogen) atoms. The number of ether oxygens (including phenoxy) is 2. The fraction of sp³-hybridized carbons (Fsp3) is 0.576. The minimum absolute atomic E-state index is 0.0114. The average Bonchev–Trinajstić information content (AvgIpc) is 3.69. The Balaban J connectivity index is 1.12. The number of hydrogen-bond acceptors (Lipinski definition) is 9. The van der Waals surface area contributed by atoms with Gasteiger partial charge in [-0.15, -0.1) is 0 Å². The standard InChI is InChI=1S/C33H38ClFN6O3/c34-23-4-1-3-19-11-22(42)12-26(29(19)23)39-15-25-30-28(16-39)43-17-27-24-6-5-20(36-24)14-40(27)31(30)38-32(37-25)44-18-33-8-2-10-41(33)21(13-35)7-9-33/h1,3-4,11-12,20-21,24,27-28,36,42H,2,5-10,13-18H2. The molecule has 4 saturated heterocycles. The van der Waals surface area contributed by atoms with Gasteiger partial charge in [0.15, 0.2) is 0 Å². The molecule has 9 nitrogen and oxygen atoms in total.